The summed E-state index contributed by atoms with van der Waals surface area (Å²) in [6.45, 7) is 7.04. The van der Waals surface area contributed by atoms with E-state index in [1.807, 2.05) is 7.05 Å². The number of hydrogen-bond donors (Lipinski definition) is 1. The van der Waals surface area contributed by atoms with Crippen molar-refractivity contribution in [3.63, 3.8) is 0 Å². The van der Waals surface area contributed by atoms with Crippen LogP contribution in [-0.2, 0) is 17.8 Å². The van der Waals surface area contributed by atoms with Crippen LogP contribution in [0.5, 0.6) is 0 Å². The summed E-state index contributed by atoms with van der Waals surface area (Å²) in [5.41, 5.74) is 1.19. The van der Waals surface area contributed by atoms with Gasteiger partial charge in [-0.15, -0.1) is 11.3 Å². The fourth-order valence-electron chi connectivity index (χ4n) is 2.26. The molecule has 5 heteroatoms. The van der Waals surface area contributed by atoms with Gasteiger partial charge in [-0.1, -0.05) is 6.92 Å². The van der Waals surface area contributed by atoms with Gasteiger partial charge in [0.05, 0.1) is 11.8 Å². The Bertz CT molecular complexity index is 350. The van der Waals surface area contributed by atoms with E-state index in [0.29, 0.717) is 6.10 Å². The molecule has 0 saturated carbocycles. The van der Waals surface area contributed by atoms with Crippen LogP contribution in [-0.4, -0.2) is 42.7 Å². The van der Waals surface area contributed by atoms with Crippen molar-refractivity contribution >= 4 is 11.3 Å². The highest BCUT2D eigenvalue weighted by atomic mass is 32.1. The lowest BCUT2D eigenvalue weighted by Gasteiger charge is -2.22. The van der Waals surface area contributed by atoms with Gasteiger partial charge in [-0.05, 0) is 26.4 Å². The summed E-state index contributed by atoms with van der Waals surface area (Å²) < 4.78 is 5.70. The van der Waals surface area contributed by atoms with Crippen molar-refractivity contribution in [1.82, 2.24) is 15.2 Å². The Labute approximate surface area is 113 Å². The summed E-state index contributed by atoms with van der Waals surface area (Å²) >= 11 is 1.74. The number of hydrogen-bond acceptors (Lipinski definition) is 5. The fourth-order valence-corrected chi connectivity index (χ4v) is 3.06. The van der Waals surface area contributed by atoms with E-state index in [9.17, 15) is 0 Å². The van der Waals surface area contributed by atoms with Gasteiger partial charge in [-0.3, -0.25) is 4.90 Å². The molecule has 1 fully saturated rings. The monoisotopic (exact) mass is 269 g/mol. The van der Waals surface area contributed by atoms with Crippen molar-refractivity contribution in [1.29, 1.82) is 0 Å². The van der Waals surface area contributed by atoms with Gasteiger partial charge in [0.25, 0.3) is 0 Å². The zero-order chi connectivity index (χ0) is 12.8. The standard InChI is InChI=1S/C13H23N3OS/c1-3-16(9-12-5-4-6-17-12)8-11-10-18-13(15-11)7-14-2/h10,12,14H,3-9H2,1-2H3. The third-order valence-electron chi connectivity index (χ3n) is 3.25. The first-order chi connectivity index (χ1) is 8.81. The van der Waals surface area contributed by atoms with Crippen molar-refractivity contribution in [2.75, 3.05) is 26.7 Å². The lowest BCUT2D eigenvalue weighted by atomic mass is 10.2. The average molecular weight is 269 g/mol. The van der Waals surface area contributed by atoms with Crippen LogP contribution >= 0.6 is 11.3 Å². The molecular formula is C13H23N3OS. The Morgan fingerprint density at radius 2 is 2.50 bits per heavy atom. The van der Waals surface area contributed by atoms with E-state index in [-0.39, 0.29) is 0 Å². The maximum absolute atomic E-state index is 5.70. The zero-order valence-electron chi connectivity index (χ0n) is 11.3. The predicted octanol–water partition coefficient (Wildman–Crippen LogP) is 1.86. The van der Waals surface area contributed by atoms with E-state index in [1.54, 1.807) is 11.3 Å². The summed E-state index contributed by atoms with van der Waals surface area (Å²) in [6, 6.07) is 0. The van der Waals surface area contributed by atoms with Crippen molar-refractivity contribution in [3.05, 3.63) is 16.1 Å². The molecule has 0 bridgehead atoms. The van der Waals surface area contributed by atoms with Crippen molar-refractivity contribution in [2.24, 2.45) is 0 Å². The second-order valence-corrected chi connectivity index (χ2v) is 5.67. The number of thiazole rings is 1. The van der Waals surface area contributed by atoms with Gasteiger partial charge in [0.1, 0.15) is 5.01 Å². The minimum atomic E-state index is 0.431. The van der Waals surface area contributed by atoms with Crippen LogP contribution < -0.4 is 5.32 Å². The summed E-state index contributed by atoms with van der Waals surface area (Å²) in [6.07, 6.45) is 2.85. The molecule has 1 unspecified atom stereocenters. The van der Waals surface area contributed by atoms with Gasteiger partial charge in [-0.2, -0.15) is 0 Å². The lowest BCUT2D eigenvalue weighted by Crippen LogP contribution is -2.31. The van der Waals surface area contributed by atoms with E-state index < -0.39 is 0 Å². The molecule has 1 aliphatic rings. The number of likely N-dealkylation sites (N-methyl/N-ethyl adjacent to an activating group) is 1. The van der Waals surface area contributed by atoms with Gasteiger partial charge >= 0.3 is 0 Å². The largest absolute Gasteiger partial charge is 0.377 e. The molecule has 18 heavy (non-hydrogen) atoms. The van der Waals surface area contributed by atoms with E-state index in [2.05, 4.69) is 27.5 Å². The molecule has 0 aromatic carbocycles. The van der Waals surface area contributed by atoms with Gasteiger partial charge in [0.15, 0.2) is 0 Å². The molecule has 0 amide bonds. The van der Waals surface area contributed by atoms with E-state index >= 15 is 0 Å². The van der Waals surface area contributed by atoms with E-state index in [0.717, 1.165) is 32.8 Å². The van der Waals surface area contributed by atoms with Crippen LogP contribution in [0.25, 0.3) is 0 Å². The Morgan fingerprint density at radius 1 is 1.61 bits per heavy atom. The molecule has 1 aliphatic heterocycles. The Hall–Kier alpha value is -0.490. The topological polar surface area (TPSA) is 37.4 Å². The van der Waals surface area contributed by atoms with E-state index in [4.69, 9.17) is 4.74 Å². The number of rotatable bonds is 7. The highest BCUT2D eigenvalue weighted by molar-refractivity contribution is 7.09. The minimum absolute atomic E-state index is 0.431. The highest BCUT2D eigenvalue weighted by Gasteiger charge is 2.19. The highest BCUT2D eigenvalue weighted by Crippen LogP contribution is 2.16. The molecule has 2 rings (SSSR count). The molecule has 4 nitrogen and oxygen atoms in total. The molecule has 102 valence electrons. The second-order valence-electron chi connectivity index (χ2n) is 4.73. The van der Waals surface area contributed by atoms with Crippen LogP contribution in [0.15, 0.2) is 5.38 Å². The second kappa shape index (κ2) is 7.19. The van der Waals surface area contributed by atoms with Crippen LogP contribution in [0.4, 0.5) is 0 Å². The summed E-state index contributed by atoms with van der Waals surface area (Å²) in [4.78, 5) is 7.06. The van der Waals surface area contributed by atoms with Crippen molar-refractivity contribution in [2.45, 2.75) is 39.0 Å². The lowest BCUT2D eigenvalue weighted by molar-refractivity contribution is 0.0721. The Balaban J connectivity index is 1.83. The molecule has 0 spiro atoms. The Kier molecular flexibility index (Phi) is 5.56. The quantitative estimate of drug-likeness (QED) is 0.820. The van der Waals surface area contributed by atoms with Crippen LogP contribution in [0.1, 0.15) is 30.5 Å². The molecule has 1 aromatic heterocycles. The van der Waals surface area contributed by atoms with E-state index in [1.165, 1.54) is 23.5 Å². The summed E-state index contributed by atoms with van der Waals surface area (Å²) in [5, 5.41) is 6.48. The molecule has 1 N–H and O–H groups in total. The van der Waals surface area contributed by atoms with Gasteiger partial charge in [0.2, 0.25) is 0 Å². The first-order valence-corrected chi connectivity index (χ1v) is 7.61. The minimum Gasteiger partial charge on any atom is -0.377 e. The molecule has 0 radical (unpaired) electrons. The fraction of sp³-hybridized carbons (Fsp3) is 0.769. The van der Waals surface area contributed by atoms with Crippen molar-refractivity contribution in [3.8, 4) is 0 Å². The zero-order valence-corrected chi connectivity index (χ0v) is 12.1. The van der Waals surface area contributed by atoms with Crippen molar-refractivity contribution < 1.29 is 4.74 Å². The first kappa shape index (κ1) is 13.9. The maximum Gasteiger partial charge on any atom is 0.107 e. The van der Waals surface area contributed by atoms with Crippen LogP contribution in [0.2, 0.25) is 0 Å². The van der Waals surface area contributed by atoms with Crippen LogP contribution in [0.3, 0.4) is 0 Å². The molecule has 2 heterocycles. The Morgan fingerprint density at radius 3 is 3.17 bits per heavy atom. The number of ether oxygens (including phenoxy) is 1. The number of aromatic nitrogens is 1. The average Bonchev–Trinajstić information content (AvgIpc) is 3.01. The molecule has 1 atom stereocenters. The van der Waals surface area contributed by atoms with Crippen LogP contribution in [0, 0.1) is 0 Å². The first-order valence-electron chi connectivity index (χ1n) is 6.73. The summed E-state index contributed by atoms with van der Waals surface area (Å²) in [5.74, 6) is 0. The number of nitrogens with one attached hydrogen (secondary N) is 1. The normalized spacial score (nSPS) is 19.8. The van der Waals surface area contributed by atoms with Gasteiger partial charge in [0, 0.05) is 31.6 Å². The number of nitrogens with zero attached hydrogens (tertiary/aromatic N) is 2. The molecular weight excluding hydrogens is 246 g/mol. The molecule has 0 aliphatic carbocycles. The van der Waals surface area contributed by atoms with Gasteiger partial charge in [-0.25, -0.2) is 4.98 Å². The molecule has 1 aromatic rings. The smallest absolute Gasteiger partial charge is 0.107 e. The van der Waals surface area contributed by atoms with Gasteiger partial charge < -0.3 is 10.1 Å². The maximum atomic E-state index is 5.70. The third-order valence-corrected chi connectivity index (χ3v) is 4.14. The third kappa shape index (κ3) is 4.02. The predicted molar refractivity (Wildman–Crippen MR) is 74.8 cm³/mol. The molecule has 1 saturated heterocycles. The SMILES string of the molecule is CCN(Cc1csc(CNC)n1)CC1CCCO1. The summed E-state index contributed by atoms with van der Waals surface area (Å²) in [7, 11) is 1.96.